The van der Waals surface area contributed by atoms with E-state index in [0.29, 0.717) is 29.7 Å². The quantitative estimate of drug-likeness (QED) is 0.224. The second kappa shape index (κ2) is 11.6. The number of nitrogen functional groups attached to an aromatic ring is 1. The number of aromatic nitrogens is 4. The van der Waals surface area contributed by atoms with Crippen molar-refractivity contribution in [1.29, 1.82) is 0 Å². The number of nitrogens with two attached hydrogens (primary N) is 1. The van der Waals surface area contributed by atoms with Gasteiger partial charge in [-0.2, -0.15) is 4.98 Å². The number of nitrogens with one attached hydrogen (secondary N) is 3. The Labute approximate surface area is 207 Å². The summed E-state index contributed by atoms with van der Waals surface area (Å²) in [6.07, 6.45) is 1.64. The molecule has 2 heterocycles. The predicted molar refractivity (Wildman–Crippen MR) is 109 cm³/mol. The van der Waals surface area contributed by atoms with Gasteiger partial charge < -0.3 is 5.73 Å². The monoisotopic (exact) mass is 551 g/mol. The molecule has 0 saturated heterocycles. The van der Waals surface area contributed by atoms with Crippen molar-refractivity contribution in [3.63, 3.8) is 0 Å². The van der Waals surface area contributed by atoms with Gasteiger partial charge in [-0.1, -0.05) is 0 Å². The summed E-state index contributed by atoms with van der Waals surface area (Å²) in [4.78, 5) is 61.3. The minimum absolute atomic E-state index is 0. The first-order valence-electron chi connectivity index (χ1n) is 9.46. The van der Waals surface area contributed by atoms with Crippen LogP contribution < -0.4 is 21.9 Å². The molecule has 0 unspecified atom stereocenters. The molecule has 14 heteroatoms. The van der Waals surface area contributed by atoms with Crippen LogP contribution >= 0.6 is 0 Å². The minimum Gasteiger partial charge on any atom is -0.291 e. The van der Waals surface area contributed by atoms with E-state index in [1.165, 1.54) is 18.3 Å². The van der Waals surface area contributed by atoms with E-state index in [1.54, 1.807) is 12.1 Å². The second-order valence-electron chi connectivity index (χ2n) is 6.86. The molecule has 172 valence electrons. The number of hydrogen-bond acceptors (Lipinski definition) is 9. The third kappa shape index (κ3) is 7.14. The number of carboxylic acid groups (broad SMARTS) is 1. The summed E-state index contributed by atoms with van der Waals surface area (Å²) in [5, 5.41) is 14.8. The van der Waals surface area contributed by atoms with Gasteiger partial charge in [0.2, 0.25) is 5.95 Å². The van der Waals surface area contributed by atoms with Gasteiger partial charge in [0.1, 0.15) is 0 Å². The summed E-state index contributed by atoms with van der Waals surface area (Å²) >= 11 is 0.446. The van der Waals surface area contributed by atoms with E-state index in [4.69, 9.17) is 5.73 Å². The van der Waals surface area contributed by atoms with Gasteiger partial charge >= 0.3 is 126 Å². The number of H-pyrrole nitrogens is 1. The Bertz CT molecular complexity index is 1240. The molecule has 33 heavy (non-hydrogen) atoms. The number of benzene rings is 1. The van der Waals surface area contributed by atoms with Crippen molar-refractivity contribution in [2.24, 2.45) is 0 Å². The number of fused-ring (bicyclic) bond motifs is 1. The van der Waals surface area contributed by atoms with E-state index in [9.17, 15) is 24.3 Å². The molecule has 0 aliphatic rings. The number of hydrogen-bond donors (Lipinski definition) is 5. The first-order valence-corrected chi connectivity index (χ1v) is 10.9. The van der Waals surface area contributed by atoms with Crippen LogP contribution in [0.25, 0.3) is 11.2 Å². The van der Waals surface area contributed by atoms with Crippen LogP contribution in [0, 0.1) is 0 Å². The average Bonchev–Trinajstić information content (AvgIpc) is 2.75. The smallest absolute Gasteiger partial charge is 0.280 e. The maximum Gasteiger partial charge on any atom is 0.280 e. The van der Waals surface area contributed by atoms with Crippen LogP contribution in [0.2, 0.25) is 0 Å². The third-order valence-electron chi connectivity index (χ3n) is 4.42. The number of aromatic amines is 1. The van der Waals surface area contributed by atoms with Gasteiger partial charge in [0, 0.05) is 17.1 Å². The Morgan fingerprint density at radius 3 is 2.52 bits per heavy atom. The first kappa shape index (κ1) is 26.0. The molecule has 3 rings (SSSR count). The van der Waals surface area contributed by atoms with E-state index in [2.05, 4.69) is 30.6 Å². The zero-order valence-corrected chi connectivity index (χ0v) is 21.0. The molecule has 0 aliphatic carbocycles. The number of amides is 1. The molecule has 1 aromatic carbocycles. The van der Waals surface area contributed by atoms with Crippen LogP contribution in [-0.4, -0.2) is 47.3 Å². The van der Waals surface area contributed by atoms with E-state index in [1.807, 2.05) is 0 Å². The van der Waals surface area contributed by atoms with Crippen molar-refractivity contribution in [2.75, 3.05) is 11.1 Å². The molecule has 1 radical (unpaired) electrons. The molecule has 3 aromatic rings. The Kier molecular flexibility index (Phi) is 9.15. The van der Waals surface area contributed by atoms with E-state index in [-0.39, 0.29) is 63.5 Å². The van der Waals surface area contributed by atoms with E-state index >= 15 is 0 Å². The van der Waals surface area contributed by atoms with Gasteiger partial charge in [0.05, 0.1) is 11.9 Å². The fourth-order valence-corrected chi connectivity index (χ4v) is 3.22. The van der Waals surface area contributed by atoms with Crippen molar-refractivity contribution in [1.82, 2.24) is 25.3 Å². The van der Waals surface area contributed by atoms with Gasteiger partial charge in [-0.05, 0) is 0 Å². The summed E-state index contributed by atoms with van der Waals surface area (Å²) in [7, 11) is 0. The molecule has 1 amide bonds. The number of nitrogens with zero attached hydrogens (tertiary/aromatic N) is 3. The van der Waals surface area contributed by atoms with Crippen molar-refractivity contribution in [2.45, 2.75) is 25.4 Å². The molecule has 0 saturated carbocycles. The zero-order chi connectivity index (χ0) is 23.3. The molecule has 2 aromatic heterocycles. The summed E-state index contributed by atoms with van der Waals surface area (Å²) in [6, 6.07) is 5.24. The van der Waals surface area contributed by atoms with E-state index < -0.39 is 23.5 Å². The summed E-state index contributed by atoms with van der Waals surface area (Å²) in [5.74, 6) is -1.78. The van der Waals surface area contributed by atoms with Crippen LogP contribution in [0.3, 0.4) is 0 Å². The standard InChI is InChI=1S/C19H18N7O5.Cu.Zn/c20-19-25-15-14(17(29)26-19)23-12(9-22-15)8-21-11-5-3-10(4-6-11)16(28)24-13(18(30)31)2-1-7-27;;/h3-6,9,13,21H,1-2,8H2,(H,24,28)(H,30,31)(H3,20,22,25,26,29);;/t13-;;/m0../s1. The molecule has 12 nitrogen and oxygen atoms in total. The molecule has 0 aliphatic heterocycles. The van der Waals surface area contributed by atoms with Crippen LogP contribution in [0.15, 0.2) is 35.3 Å². The summed E-state index contributed by atoms with van der Waals surface area (Å²) in [5.41, 5.74) is 6.66. The summed E-state index contributed by atoms with van der Waals surface area (Å²) < 4.78 is -0.0259. The number of anilines is 2. The van der Waals surface area contributed by atoms with Gasteiger partial charge in [-0.25, -0.2) is 9.97 Å². The minimum atomic E-state index is -1.19. The van der Waals surface area contributed by atoms with Crippen molar-refractivity contribution >= 4 is 39.1 Å². The largest absolute Gasteiger partial charge is 0.291 e. The van der Waals surface area contributed by atoms with Gasteiger partial charge in [-0.15, -0.1) is 0 Å². The first-order chi connectivity index (χ1) is 15.2. The second-order valence-corrected chi connectivity index (χ2v) is 8.51. The van der Waals surface area contributed by atoms with Crippen LogP contribution in [0.5, 0.6) is 0 Å². The molecular formula is C19H18CuN7O5Zn. The van der Waals surface area contributed by atoms with E-state index in [0.717, 1.165) is 0 Å². The van der Waals surface area contributed by atoms with Crippen LogP contribution in [0.1, 0.15) is 28.9 Å². The maximum absolute atomic E-state index is 12.3. The number of aliphatic carboxylic acids is 1. The molecule has 0 spiro atoms. The normalized spacial score (nSPS) is 11.3. The average molecular weight is 553 g/mol. The Morgan fingerprint density at radius 1 is 1.18 bits per heavy atom. The van der Waals surface area contributed by atoms with Crippen molar-refractivity contribution in [3.8, 4) is 0 Å². The van der Waals surface area contributed by atoms with Gasteiger partial charge in [0.15, 0.2) is 11.2 Å². The molecule has 6 N–H and O–H groups in total. The fourth-order valence-electron chi connectivity index (χ4n) is 2.79. The summed E-state index contributed by atoms with van der Waals surface area (Å²) in [6.45, 7) is 0.257. The fraction of sp³-hybridized carbons (Fsp3) is 0.211. The molecular weight excluding hydrogens is 535 g/mol. The van der Waals surface area contributed by atoms with Crippen molar-refractivity contribution in [3.05, 3.63) is 52.1 Å². The van der Waals surface area contributed by atoms with Gasteiger partial charge in [0.25, 0.3) is 5.56 Å². The van der Waals surface area contributed by atoms with Gasteiger partial charge in [-0.3, -0.25) is 9.78 Å². The Balaban J connectivity index is 0.00000385. The molecule has 0 fully saturated rings. The topological polar surface area (TPSA) is 193 Å². The zero-order valence-electron chi connectivity index (χ0n) is 17.1. The Hall–Kier alpha value is -3.21. The number of carbonyl (C=O) groups excluding carboxylic acids is 2. The number of carbonyl (C=O) groups is 3. The number of carboxylic acids is 1. The van der Waals surface area contributed by atoms with Crippen LogP contribution in [-0.2, 0) is 51.5 Å². The predicted octanol–water partition coefficient (Wildman–Crippen LogP) is -0.0585. The molecule has 0 bridgehead atoms. The van der Waals surface area contributed by atoms with Crippen molar-refractivity contribution < 1.29 is 54.9 Å². The molecule has 1 atom stereocenters. The maximum atomic E-state index is 12.3. The number of rotatable bonds is 9. The Morgan fingerprint density at radius 2 is 1.88 bits per heavy atom. The van der Waals surface area contributed by atoms with Crippen LogP contribution in [0.4, 0.5) is 11.6 Å². The third-order valence-corrected chi connectivity index (χ3v) is 5.16. The SMILES string of the molecule is Nc1nc2ncc(CNc3ccc(C(=O)N[C@@H](CC[C](=O)[Zn])C(=O)O)cc3)nc2c(=O)[nH]1.[Cu].